The van der Waals surface area contributed by atoms with Crippen LogP contribution in [0.2, 0.25) is 0 Å². The van der Waals surface area contributed by atoms with E-state index in [9.17, 15) is 19.7 Å². The fourth-order valence-electron chi connectivity index (χ4n) is 1.76. The Morgan fingerprint density at radius 1 is 1.43 bits per heavy atom. The molecule has 114 valence electrons. The summed E-state index contributed by atoms with van der Waals surface area (Å²) in [6, 6.07) is 3.85. The summed E-state index contributed by atoms with van der Waals surface area (Å²) >= 11 is 1.35. The Morgan fingerprint density at radius 3 is 2.48 bits per heavy atom. The van der Waals surface area contributed by atoms with Crippen LogP contribution >= 0.6 is 11.8 Å². The third-order valence-electron chi connectivity index (χ3n) is 2.82. The average Bonchev–Trinajstić information content (AvgIpc) is 2.42. The number of carboxylic acids is 1. The van der Waals surface area contributed by atoms with Gasteiger partial charge in [0.25, 0.3) is 11.6 Å². The zero-order chi connectivity index (χ0) is 16.2. The van der Waals surface area contributed by atoms with Gasteiger partial charge in [-0.1, -0.05) is 0 Å². The van der Waals surface area contributed by atoms with E-state index in [4.69, 9.17) is 5.11 Å². The molecule has 0 atom stereocenters. The van der Waals surface area contributed by atoms with Crippen molar-refractivity contribution < 1.29 is 19.6 Å². The Balaban J connectivity index is 3.30. The molecule has 1 aromatic carbocycles. The molecule has 21 heavy (non-hydrogen) atoms. The number of carbonyl (C=O) groups excluding carboxylic acids is 1. The van der Waals surface area contributed by atoms with E-state index < -0.39 is 23.3 Å². The number of hydrogen-bond acceptors (Lipinski definition) is 5. The van der Waals surface area contributed by atoms with Crippen LogP contribution in [0.3, 0.4) is 0 Å². The highest BCUT2D eigenvalue weighted by atomic mass is 32.2. The number of nitro groups is 1. The smallest absolute Gasteiger partial charge is 0.323 e. The molecule has 0 aromatic heterocycles. The summed E-state index contributed by atoms with van der Waals surface area (Å²) in [5.74, 6) is -1.82. The van der Waals surface area contributed by atoms with E-state index in [1.165, 1.54) is 23.9 Å². The number of amides is 1. The number of rotatable bonds is 6. The van der Waals surface area contributed by atoms with Crippen LogP contribution in [0.4, 0.5) is 5.69 Å². The van der Waals surface area contributed by atoms with Crippen molar-refractivity contribution in [3.05, 3.63) is 33.9 Å². The largest absolute Gasteiger partial charge is 0.480 e. The third-order valence-corrected chi connectivity index (χ3v) is 3.55. The first-order valence-corrected chi connectivity index (χ1v) is 7.35. The Morgan fingerprint density at radius 2 is 2.05 bits per heavy atom. The first kappa shape index (κ1) is 17.0. The number of nitro benzene ring substituents is 1. The molecule has 0 saturated carbocycles. The van der Waals surface area contributed by atoms with Crippen LogP contribution in [0.1, 0.15) is 24.2 Å². The third kappa shape index (κ3) is 4.19. The highest BCUT2D eigenvalue weighted by Crippen LogP contribution is 2.26. The normalized spacial score (nSPS) is 10.5. The Kier molecular flexibility index (Phi) is 5.71. The Labute approximate surface area is 126 Å². The molecule has 1 aromatic rings. The molecule has 0 aliphatic rings. The van der Waals surface area contributed by atoms with Gasteiger partial charge in [0.15, 0.2) is 0 Å². The molecular weight excluding hydrogens is 296 g/mol. The zero-order valence-electron chi connectivity index (χ0n) is 11.9. The maximum Gasteiger partial charge on any atom is 0.323 e. The fourth-order valence-corrected chi connectivity index (χ4v) is 2.20. The molecule has 0 radical (unpaired) electrons. The average molecular weight is 312 g/mol. The molecule has 0 heterocycles. The number of nitrogens with zero attached hydrogens (tertiary/aromatic N) is 2. The summed E-state index contributed by atoms with van der Waals surface area (Å²) in [5, 5.41) is 19.9. The minimum Gasteiger partial charge on any atom is -0.480 e. The van der Waals surface area contributed by atoms with Gasteiger partial charge in [-0.05, 0) is 32.2 Å². The van der Waals surface area contributed by atoms with E-state index in [0.29, 0.717) is 4.90 Å². The van der Waals surface area contributed by atoms with E-state index in [-0.39, 0.29) is 17.3 Å². The van der Waals surface area contributed by atoms with Gasteiger partial charge >= 0.3 is 5.97 Å². The summed E-state index contributed by atoms with van der Waals surface area (Å²) in [6.07, 6.45) is 1.78. The predicted molar refractivity (Wildman–Crippen MR) is 78.7 cm³/mol. The Bertz CT molecular complexity index is 574. The molecule has 0 fully saturated rings. The second-order valence-electron chi connectivity index (χ2n) is 4.56. The van der Waals surface area contributed by atoms with Crippen molar-refractivity contribution in [3.63, 3.8) is 0 Å². The predicted octanol–water partition coefficient (Wildman–Crippen LogP) is 2.25. The molecule has 7 nitrogen and oxygen atoms in total. The van der Waals surface area contributed by atoms with Gasteiger partial charge in [0, 0.05) is 17.0 Å². The second-order valence-corrected chi connectivity index (χ2v) is 5.44. The second kappa shape index (κ2) is 7.07. The van der Waals surface area contributed by atoms with Gasteiger partial charge in [-0.3, -0.25) is 19.7 Å². The van der Waals surface area contributed by atoms with Gasteiger partial charge < -0.3 is 10.0 Å². The zero-order valence-corrected chi connectivity index (χ0v) is 12.7. The van der Waals surface area contributed by atoms with E-state index in [1.54, 1.807) is 26.2 Å². The lowest BCUT2D eigenvalue weighted by molar-refractivity contribution is -0.385. The molecule has 0 spiro atoms. The van der Waals surface area contributed by atoms with E-state index in [1.807, 2.05) is 0 Å². The summed E-state index contributed by atoms with van der Waals surface area (Å²) < 4.78 is 0. The van der Waals surface area contributed by atoms with Crippen molar-refractivity contribution in [2.75, 3.05) is 12.8 Å². The first-order chi connectivity index (χ1) is 9.77. The van der Waals surface area contributed by atoms with E-state index in [0.717, 1.165) is 4.90 Å². The number of carbonyl (C=O) groups is 2. The molecule has 8 heteroatoms. The molecule has 0 aliphatic carbocycles. The highest BCUT2D eigenvalue weighted by molar-refractivity contribution is 7.98. The molecule has 0 bridgehead atoms. The maximum atomic E-state index is 12.5. The van der Waals surface area contributed by atoms with Gasteiger partial charge in [-0.15, -0.1) is 11.8 Å². The number of thioether (sulfide) groups is 1. The lowest BCUT2D eigenvalue weighted by Gasteiger charge is -2.24. The maximum absolute atomic E-state index is 12.5. The van der Waals surface area contributed by atoms with Crippen LogP contribution in [0.25, 0.3) is 0 Å². The van der Waals surface area contributed by atoms with Crippen LogP contribution in [0.5, 0.6) is 0 Å². The molecule has 0 saturated heterocycles. The minimum absolute atomic E-state index is 0.0956. The number of aliphatic carboxylic acids is 1. The summed E-state index contributed by atoms with van der Waals surface area (Å²) in [6.45, 7) is 2.81. The molecule has 0 unspecified atom stereocenters. The molecular formula is C13H16N2O5S. The molecule has 1 amide bonds. The van der Waals surface area contributed by atoms with Gasteiger partial charge in [-0.25, -0.2) is 0 Å². The SMILES string of the molecule is CSc1ccc([N+](=O)[O-])c(C(=O)N(CC(=O)O)C(C)C)c1. The van der Waals surface area contributed by atoms with Crippen LogP contribution in [-0.4, -0.2) is 45.6 Å². The van der Waals surface area contributed by atoms with Crippen molar-refractivity contribution in [3.8, 4) is 0 Å². The number of hydrogen-bond donors (Lipinski definition) is 1. The minimum atomic E-state index is -1.17. The standard InChI is InChI=1S/C13H16N2O5S/c1-8(2)14(7-12(16)17)13(18)10-6-9(21-3)4-5-11(10)15(19)20/h4-6,8H,7H2,1-3H3,(H,16,17). The van der Waals surface area contributed by atoms with Crippen LogP contribution in [0, 0.1) is 10.1 Å². The summed E-state index contributed by atoms with van der Waals surface area (Å²) in [4.78, 5) is 35.5. The lowest BCUT2D eigenvalue weighted by atomic mass is 10.1. The monoisotopic (exact) mass is 312 g/mol. The number of benzene rings is 1. The topological polar surface area (TPSA) is 101 Å². The summed E-state index contributed by atoms with van der Waals surface area (Å²) in [5.41, 5.74) is -0.421. The van der Waals surface area contributed by atoms with Gasteiger partial charge in [0.05, 0.1) is 4.92 Å². The van der Waals surface area contributed by atoms with Crippen molar-refractivity contribution in [2.45, 2.75) is 24.8 Å². The molecule has 1 N–H and O–H groups in total. The van der Waals surface area contributed by atoms with E-state index >= 15 is 0 Å². The van der Waals surface area contributed by atoms with Gasteiger partial charge in [0.2, 0.25) is 0 Å². The number of carboxylic acid groups (broad SMARTS) is 1. The van der Waals surface area contributed by atoms with Gasteiger partial charge in [-0.2, -0.15) is 0 Å². The van der Waals surface area contributed by atoms with Crippen molar-refractivity contribution in [1.82, 2.24) is 4.90 Å². The van der Waals surface area contributed by atoms with E-state index in [2.05, 4.69) is 0 Å². The highest BCUT2D eigenvalue weighted by Gasteiger charge is 2.28. The Hall–Kier alpha value is -2.09. The van der Waals surface area contributed by atoms with Crippen LogP contribution < -0.4 is 0 Å². The van der Waals surface area contributed by atoms with Crippen molar-refractivity contribution in [1.29, 1.82) is 0 Å². The van der Waals surface area contributed by atoms with Crippen LogP contribution in [0.15, 0.2) is 23.1 Å². The van der Waals surface area contributed by atoms with Crippen molar-refractivity contribution in [2.24, 2.45) is 0 Å². The molecule has 1 rings (SSSR count). The summed E-state index contributed by atoms with van der Waals surface area (Å²) in [7, 11) is 0. The van der Waals surface area contributed by atoms with Gasteiger partial charge in [0.1, 0.15) is 12.1 Å². The van der Waals surface area contributed by atoms with Crippen LogP contribution in [-0.2, 0) is 4.79 Å². The molecule has 0 aliphatic heterocycles. The fraction of sp³-hybridized carbons (Fsp3) is 0.385. The first-order valence-electron chi connectivity index (χ1n) is 6.13. The lowest BCUT2D eigenvalue weighted by Crippen LogP contribution is -2.40. The quantitative estimate of drug-likeness (QED) is 0.491. The van der Waals surface area contributed by atoms with Crippen molar-refractivity contribution >= 4 is 29.3 Å².